The summed E-state index contributed by atoms with van der Waals surface area (Å²) in [7, 11) is 0. The Labute approximate surface area is 108 Å². The molecule has 1 heterocycles. The Morgan fingerprint density at radius 3 is 2.21 bits per heavy atom. The van der Waals surface area contributed by atoms with Crippen LogP contribution in [0.1, 0.15) is 0 Å². The average molecular weight is 256 g/mol. The maximum atomic E-state index is 12.8. The zero-order valence-corrected chi connectivity index (χ0v) is 9.75. The van der Waals surface area contributed by atoms with Gasteiger partial charge >= 0.3 is 0 Å². The summed E-state index contributed by atoms with van der Waals surface area (Å²) >= 11 is 0. The van der Waals surface area contributed by atoms with Gasteiger partial charge in [-0.15, -0.1) is 0 Å². The zero-order valence-electron chi connectivity index (χ0n) is 9.75. The fraction of sp³-hybridized carbons (Fsp3) is 0. The lowest BCUT2D eigenvalue weighted by Gasteiger charge is -1.94. The molecule has 0 amide bonds. The third-order valence-electron chi connectivity index (χ3n) is 2.64. The van der Waals surface area contributed by atoms with Crippen LogP contribution in [0.2, 0.25) is 0 Å². The first-order valence-electron chi connectivity index (χ1n) is 5.61. The highest BCUT2D eigenvalue weighted by molar-refractivity contribution is 5.60. The van der Waals surface area contributed by atoms with Crippen LogP contribution < -0.4 is 0 Å². The van der Waals surface area contributed by atoms with Crippen molar-refractivity contribution in [2.24, 2.45) is 0 Å². The number of aromatic nitrogens is 2. The van der Waals surface area contributed by atoms with Gasteiger partial charge in [-0.2, -0.15) is 4.98 Å². The molecule has 0 aliphatic carbocycles. The van der Waals surface area contributed by atoms with E-state index in [1.165, 1.54) is 12.1 Å². The fourth-order valence-electron chi connectivity index (χ4n) is 1.66. The third kappa shape index (κ3) is 2.30. The van der Waals surface area contributed by atoms with E-state index >= 15 is 0 Å². The second kappa shape index (κ2) is 4.53. The van der Waals surface area contributed by atoms with Crippen molar-refractivity contribution in [1.29, 1.82) is 0 Å². The van der Waals surface area contributed by atoms with Gasteiger partial charge in [-0.05, 0) is 48.5 Å². The molecule has 4 nitrogen and oxygen atoms in total. The molecule has 94 valence electrons. The maximum absolute atomic E-state index is 12.8. The van der Waals surface area contributed by atoms with Gasteiger partial charge in [0.2, 0.25) is 5.82 Å². The van der Waals surface area contributed by atoms with Crippen LogP contribution in [0, 0.1) is 5.82 Å². The van der Waals surface area contributed by atoms with Crippen LogP contribution in [-0.2, 0) is 0 Å². The largest absolute Gasteiger partial charge is 0.508 e. The molecule has 0 saturated carbocycles. The maximum Gasteiger partial charge on any atom is 0.258 e. The first-order chi connectivity index (χ1) is 9.22. The van der Waals surface area contributed by atoms with Gasteiger partial charge in [-0.1, -0.05) is 5.16 Å². The molecule has 2 aromatic carbocycles. The molecular weight excluding hydrogens is 247 g/mol. The molecule has 19 heavy (non-hydrogen) atoms. The quantitative estimate of drug-likeness (QED) is 0.764. The minimum absolute atomic E-state index is 0.172. The van der Waals surface area contributed by atoms with Crippen LogP contribution >= 0.6 is 0 Å². The number of phenols is 1. The SMILES string of the molecule is Oc1ccc(-c2noc(-c3ccc(F)cc3)n2)cc1. The number of aromatic hydroxyl groups is 1. The molecule has 0 aliphatic heterocycles. The van der Waals surface area contributed by atoms with E-state index in [-0.39, 0.29) is 11.6 Å². The fourth-order valence-corrected chi connectivity index (χ4v) is 1.66. The summed E-state index contributed by atoms with van der Waals surface area (Å²) < 4.78 is 17.9. The number of benzene rings is 2. The molecule has 0 unspecified atom stereocenters. The highest BCUT2D eigenvalue weighted by atomic mass is 19.1. The Kier molecular flexibility index (Phi) is 2.72. The normalized spacial score (nSPS) is 10.6. The van der Waals surface area contributed by atoms with Gasteiger partial charge in [0.1, 0.15) is 11.6 Å². The number of hydrogen-bond donors (Lipinski definition) is 1. The van der Waals surface area contributed by atoms with E-state index in [1.807, 2.05) is 0 Å². The Bertz CT molecular complexity index is 630. The van der Waals surface area contributed by atoms with Crippen molar-refractivity contribution in [2.45, 2.75) is 0 Å². The Balaban J connectivity index is 1.95. The summed E-state index contributed by atoms with van der Waals surface area (Å²) in [6.45, 7) is 0. The second-order valence-electron chi connectivity index (χ2n) is 3.98. The standard InChI is InChI=1S/C14H9FN2O2/c15-11-5-1-10(2-6-11)14-16-13(17-19-14)9-3-7-12(18)8-4-9/h1-8,18H. The Hall–Kier alpha value is -2.69. The molecule has 3 aromatic rings. The van der Waals surface area contributed by atoms with Crippen LogP contribution in [0.4, 0.5) is 4.39 Å². The van der Waals surface area contributed by atoms with E-state index in [4.69, 9.17) is 4.52 Å². The molecule has 0 radical (unpaired) electrons. The molecule has 0 fully saturated rings. The van der Waals surface area contributed by atoms with E-state index < -0.39 is 0 Å². The van der Waals surface area contributed by atoms with Gasteiger partial charge in [-0.25, -0.2) is 4.39 Å². The summed E-state index contributed by atoms with van der Waals surface area (Å²) in [6.07, 6.45) is 0. The van der Waals surface area contributed by atoms with Gasteiger partial charge in [0, 0.05) is 11.1 Å². The number of halogens is 1. The first kappa shape index (κ1) is 11.4. The van der Waals surface area contributed by atoms with Crippen molar-refractivity contribution in [1.82, 2.24) is 10.1 Å². The predicted octanol–water partition coefficient (Wildman–Crippen LogP) is 3.25. The number of phenolic OH excluding ortho intramolecular Hbond substituents is 1. The van der Waals surface area contributed by atoms with Crippen LogP contribution in [0.5, 0.6) is 5.75 Å². The van der Waals surface area contributed by atoms with Crippen LogP contribution in [0.3, 0.4) is 0 Å². The van der Waals surface area contributed by atoms with E-state index in [0.29, 0.717) is 17.3 Å². The molecule has 5 heteroatoms. The lowest BCUT2D eigenvalue weighted by molar-refractivity contribution is 0.432. The van der Waals surface area contributed by atoms with Gasteiger partial charge < -0.3 is 9.63 Å². The number of hydrogen-bond acceptors (Lipinski definition) is 4. The number of rotatable bonds is 2. The monoisotopic (exact) mass is 256 g/mol. The van der Waals surface area contributed by atoms with Crippen molar-refractivity contribution in [3.05, 3.63) is 54.3 Å². The topological polar surface area (TPSA) is 59.2 Å². The van der Waals surface area contributed by atoms with Crippen molar-refractivity contribution < 1.29 is 14.0 Å². The Morgan fingerprint density at radius 2 is 1.53 bits per heavy atom. The minimum atomic E-state index is -0.318. The predicted molar refractivity (Wildman–Crippen MR) is 66.8 cm³/mol. The zero-order chi connectivity index (χ0) is 13.2. The Morgan fingerprint density at radius 1 is 0.895 bits per heavy atom. The summed E-state index contributed by atoms with van der Waals surface area (Å²) in [5.74, 6) is 0.593. The van der Waals surface area contributed by atoms with E-state index in [2.05, 4.69) is 10.1 Å². The van der Waals surface area contributed by atoms with Crippen LogP contribution in [0.25, 0.3) is 22.8 Å². The number of nitrogens with zero attached hydrogens (tertiary/aromatic N) is 2. The van der Waals surface area contributed by atoms with Gasteiger partial charge in [0.05, 0.1) is 0 Å². The van der Waals surface area contributed by atoms with Crippen LogP contribution in [0.15, 0.2) is 53.1 Å². The molecule has 1 aromatic heterocycles. The van der Waals surface area contributed by atoms with E-state index in [1.54, 1.807) is 36.4 Å². The van der Waals surface area contributed by atoms with E-state index in [0.717, 1.165) is 5.56 Å². The average Bonchev–Trinajstić information content (AvgIpc) is 2.90. The van der Waals surface area contributed by atoms with Crippen molar-refractivity contribution in [2.75, 3.05) is 0 Å². The highest BCUT2D eigenvalue weighted by Gasteiger charge is 2.10. The summed E-state index contributed by atoms with van der Waals surface area (Å²) in [5, 5.41) is 13.1. The summed E-state index contributed by atoms with van der Waals surface area (Å²) in [6, 6.07) is 12.3. The summed E-state index contributed by atoms with van der Waals surface area (Å²) in [5.41, 5.74) is 1.38. The molecule has 3 rings (SSSR count). The first-order valence-corrected chi connectivity index (χ1v) is 5.61. The minimum Gasteiger partial charge on any atom is -0.508 e. The van der Waals surface area contributed by atoms with Gasteiger partial charge in [0.15, 0.2) is 0 Å². The molecule has 0 atom stereocenters. The van der Waals surface area contributed by atoms with Crippen molar-refractivity contribution in [3.8, 4) is 28.6 Å². The molecule has 0 bridgehead atoms. The molecule has 0 spiro atoms. The smallest absolute Gasteiger partial charge is 0.258 e. The molecule has 0 saturated heterocycles. The van der Waals surface area contributed by atoms with E-state index in [9.17, 15) is 9.50 Å². The highest BCUT2D eigenvalue weighted by Crippen LogP contribution is 2.23. The lowest BCUT2D eigenvalue weighted by Crippen LogP contribution is -1.81. The summed E-state index contributed by atoms with van der Waals surface area (Å²) in [4.78, 5) is 4.23. The van der Waals surface area contributed by atoms with Crippen LogP contribution in [-0.4, -0.2) is 15.2 Å². The molecule has 1 N–H and O–H groups in total. The van der Waals surface area contributed by atoms with Gasteiger partial charge in [-0.3, -0.25) is 0 Å². The molecule has 0 aliphatic rings. The lowest BCUT2D eigenvalue weighted by atomic mass is 10.2. The van der Waals surface area contributed by atoms with Crippen molar-refractivity contribution in [3.63, 3.8) is 0 Å². The van der Waals surface area contributed by atoms with Crippen molar-refractivity contribution >= 4 is 0 Å². The van der Waals surface area contributed by atoms with Gasteiger partial charge in [0.25, 0.3) is 5.89 Å². The molecular formula is C14H9FN2O2. The second-order valence-corrected chi connectivity index (χ2v) is 3.98. The third-order valence-corrected chi connectivity index (χ3v) is 2.64.